The quantitative estimate of drug-likeness (QED) is 0.712. The summed E-state index contributed by atoms with van der Waals surface area (Å²) >= 11 is 1.18. The van der Waals surface area contributed by atoms with Crippen molar-refractivity contribution < 1.29 is 18.0 Å². The Morgan fingerprint density at radius 2 is 2.11 bits per heavy atom. The molecule has 0 radical (unpaired) electrons. The Morgan fingerprint density at radius 3 is 2.71 bits per heavy atom. The van der Waals surface area contributed by atoms with Crippen LogP contribution in [0.4, 0.5) is 13.2 Å². The van der Waals surface area contributed by atoms with E-state index in [1.807, 2.05) is 6.92 Å². The first-order valence-electron chi connectivity index (χ1n) is 9.20. The van der Waals surface area contributed by atoms with E-state index in [1.165, 1.54) is 17.8 Å². The number of thioether (sulfide) groups is 1. The molecule has 0 unspecified atom stereocenters. The van der Waals surface area contributed by atoms with E-state index in [-0.39, 0.29) is 11.7 Å². The van der Waals surface area contributed by atoms with Gasteiger partial charge in [-0.3, -0.25) is 4.79 Å². The summed E-state index contributed by atoms with van der Waals surface area (Å²) in [6.07, 6.45) is -0.582. The number of fused-ring (bicyclic) bond motifs is 1. The van der Waals surface area contributed by atoms with E-state index >= 15 is 0 Å². The van der Waals surface area contributed by atoms with Crippen molar-refractivity contribution in [1.82, 2.24) is 14.9 Å². The summed E-state index contributed by atoms with van der Waals surface area (Å²) in [6, 6.07) is 5.69. The SMILES string of the molecule is CCCn1c(SCC(=O)NC2(C#N)CCCC2)nc2ccc(C(F)(F)F)cc21. The van der Waals surface area contributed by atoms with Crippen LogP contribution >= 0.6 is 11.8 Å². The normalized spacial score (nSPS) is 16.2. The molecule has 0 saturated heterocycles. The van der Waals surface area contributed by atoms with Gasteiger partial charge in [-0.15, -0.1) is 0 Å². The van der Waals surface area contributed by atoms with Gasteiger partial charge in [0.25, 0.3) is 0 Å². The lowest BCUT2D eigenvalue weighted by atomic mass is 10.0. The van der Waals surface area contributed by atoms with Crippen molar-refractivity contribution in [2.75, 3.05) is 5.75 Å². The predicted octanol–water partition coefficient (Wildman–Crippen LogP) is 4.51. The number of nitrogens with zero attached hydrogens (tertiary/aromatic N) is 3. The summed E-state index contributed by atoms with van der Waals surface area (Å²) in [5.41, 5.74) is -0.635. The number of hydrogen-bond donors (Lipinski definition) is 1. The minimum absolute atomic E-state index is 0.0581. The van der Waals surface area contributed by atoms with E-state index in [1.54, 1.807) is 4.57 Å². The number of benzene rings is 1. The lowest BCUT2D eigenvalue weighted by molar-refractivity contribution is -0.137. The van der Waals surface area contributed by atoms with Crippen LogP contribution in [0.15, 0.2) is 23.4 Å². The molecule has 1 aromatic carbocycles. The van der Waals surface area contributed by atoms with Crippen molar-refractivity contribution in [3.8, 4) is 6.07 Å². The molecule has 1 saturated carbocycles. The predicted molar refractivity (Wildman–Crippen MR) is 101 cm³/mol. The van der Waals surface area contributed by atoms with Crippen LogP contribution in [0.1, 0.15) is 44.6 Å². The van der Waals surface area contributed by atoms with Crippen LogP contribution in [0.25, 0.3) is 11.0 Å². The fourth-order valence-corrected chi connectivity index (χ4v) is 4.34. The van der Waals surface area contributed by atoms with Crippen LogP contribution in [0, 0.1) is 11.3 Å². The third-order valence-electron chi connectivity index (χ3n) is 4.87. The van der Waals surface area contributed by atoms with E-state index in [2.05, 4.69) is 16.4 Å². The second-order valence-corrected chi connectivity index (χ2v) is 7.93. The Balaban J connectivity index is 1.79. The number of aromatic nitrogens is 2. The first-order valence-corrected chi connectivity index (χ1v) is 10.2. The molecule has 28 heavy (non-hydrogen) atoms. The van der Waals surface area contributed by atoms with Gasteiger partial charge in [0.1, 0.15) is 5.54 Å². The van der Waals surface area contributed by atoms with Gasteiger partial charge in [0, 0.05) is 6.54 Å². The van der Waals surface area contributed by atoms with Crippen LogP contribution in [0.5, 0.6) is 0 Å². The van der Waals surface area contributed by atoms with Gasteiger partial charge in [-0.2, -0.15) is 18.4 Å². The zero-order valence-corrected chi connectivity index (χ0v) is 16.3. The lowest BCUT2D eigenvalue weighted by Gasteiger charge is -2.21. The smallest absolute Gasteiger partial charge is 0.337 e. The third-order valence-corrected chi connectivity index (χ3v) is 5.85. The first-order chi connectivity index (χ1) is 13.3. The van der Waals surface area contributed by atoms with Gasteiger partial charge in [0.05, 0.1) is 28.4 Å². The van der Waals surface area contributed by atoms with Gasteiger partial charge in [0.15, 0.2) is 5.16 Å². The molecule has 1 amide bonds. The second kappa shape index (κ2) is 8.03. The largest absolute Gasteiger partial charge is 0.416 e. The summed E-state index contributed by atoms with van der Waals surface area (Å²) < 4.78 is 40.9. The Bertz CT molecular complexity index is 910. The summed E-state index contributed by atoms with van der Waals surface area (Å²) in [5, 5.41) is 12.7. The summed E-state index contributed by atoms with van der Waals surface area (Å²) in [4.78, 5) is 16.7. The molecule has 3 rings (SSSR count). The maximum Gasteiger partial charge on any atom is 0.416 e. The van der Waals surface area contributed by atoms with Gasteiger partial charge in [0.2, 0.25) is 5.91 Å². The van der Waals surface area contributed by atoms with Gasteiger partial charge in [-0.1, -0.05) is 18.7 Å². The Labute approximate surface area is 165 Å². The zero-order chi connectivity index (χ0) is 20.4. The van der Waals surface area contributed by atoms with E-state index in [4.69, 9.17) is 0 Å². The van der Waals surface area contributed by atoms with E-state index in [9.17, 15) is 23.2 Å². The Kier molecular flexibility index (Phi) is 5.89. The molecular formula is C19H21F3N4OS. The Hall–Kier alpha value is -2.21. The maximum absolute atomic E-state index is 13.0. The molecule has 1 aromatic heterocycles. The molecule has 1 heterocycles. The van der Waals surface area contributed by atoms with Crippen LogP contribution in [-0.4, -0.2) is 26.8 Å². The van der Waals surface area contributed by atoms with Crippen LogP contribution in [0.3, 0.4) is 0 Å². The molecule has 0 bridgehead atoms. The van der Waals surface area contributed by atoms with Crippen molar-refractivity contribution in [2.24, 2.45) is 0 Å². The molecule has 150 valence electrons. The standard InChI is InChI=1S/C19H21F3N4OS/c1-2-9-26-15-10-13(19(20,21)22)5-6-14(15)24-17(26)28-11-16(27)25-18(12-23)7-3-4-8-18/h5-6,10H,2-4,7-9,11H2,1H3,(H,25,27). The molecule has 0 aliphatic heterocycles. The highest BCUT2D eigenvalue weighted by atomic mass is 32.2. The third kappa shape index (κ3) is 4.27. The van der Waals surface area contributed by atoms with Gasteiger partial charge in [-0.25, -0.2) is 4.98 Å². The second-order valence-electron chi connectivity index (χ2n) is 6.99. The average Bonchev–Trinajstić information content (AvgIpc) is 3.24. The van der Waals surface area contributed by atoms with Crippen molar-refractivity contribution in [3.63, 3.8) is 0 Å². The molecule has 5 nitrogen and oxygen atoms in total. The summed E-state index contributed by atoms with van der Waals surface area (Å²) in [5.74, 6) is -0.206. The molecular weight excluding hydrogens is 389 g/mol. The summed E-state index contributed by atoms with van der Waals surface area (Å²) in [6.45, 7) is 2.43. The number of imidazole rings is 1. The monoisotopic (exact) mass is 410 g/mol. The van der Waals surface area contributed by atoms with Crippen LogP contribution < -0.4 is 5.32 Å². The highest BCUT2D eigenvalue weighted by Crippen LogP contribution is 2.33. The number of alkyl halides is 3. The van der Waals surface area contributed by atoms with Gasteiger partial charge in [-0.05, 0) is 50.3 Å². The van der Waals surface area contributed by atoms with Crippen LogP contribution in [-0.2, 0) is 17.5 Å². The minimum atomic E-state index is -4.42. The van der Waals surface area contributed by atoms with Crippen molar-refractivity contribution in [1.29, 1.82) is 5.26 Å². The number of halogens is 3. The number of amides is 1. The average molecular weight is 410 g/mol. The minimum Gasteiger partial charge on any atom is -0.337 e. The molecule has 1 N–H and O–H groups in total. The summed E-state index contributed by atoms with van der Waals surface area (Å²) in [7, 11) is 0. The fraction of sp³-hybridized carbons (Fsp3) is 0.526. The number of nitriles is 1. The van der Waals surface area contributed by atoms with Crippen molar-refractivity contribution in [3.05, 3.63) is 23.8 Å². The van der Waals surface area contributed by atoms with Gasteiger partial charge >= 0.3 is 6.18 Å². The first kappa shape index (κ1) is 20.5. The molecule has 1 aliphatic rings. The number of rotatable bonds is 6. The topological polar surface area (TPSA) is 70.7 Å². The fourth-order valence-electron chi connectivity index (χ4n) is 3.50. The van der Waals surface area contributed by atoms with Crippen LogP contribution in [0.2, 0.25) is 0 Å². The highest BCUT2D eigenvalue weighted by molar-refractivity contribution is 7.99. The zero-order valence-electron chi connectivity index (χ0n) is 15.5. The Morgan fingerprint density at radius 1 is 1.39 bits per heavy atom. The molecule has 2 aromatic rings. The number of hydrogen-bond acceptors (Lipinski definition) is 4. The molecule has 0 spiro atoms. The van der Waals surface area contributed by atoms with E-state index in [0.717, 1.165) is 31.4 Å². The van der Waals surface area contributed by atoms with Crippen molar-refractivity contribution in [2.45, 2.75) is 62.4 Å². The van der Waals surface area contributed by atoms with Crippen molar-refractivity contribution >= 4 is 28.7 Å². The van der Waals surface area contributed by atoms with E-state index in [0.29, 0.717) is 35.6 Å². The molecule has 0 atom stereocenters. The maximum atomic E-state index is 13.0. The van der Waals surface area contributed by atoms with Gasteiger partial charge < -0.3 is 9.88 Å². The highest BCUT2D eigenvalue weighted by Gasteiger charge is 2.35. The number of aryl methyl sites for hydroxylation is 1. The number of carbonyl (C=O) groups is 1. The number of nitrogens with one attached hydrogen (secondary N) is 1. The molecule has 1 aliphatic carbocycles. The van der Waals surface area contributed by atoms with E-state index < -0.39 is 17.3 Å². The number of carbonyl (C=O) groups excluding carboxylic acids is 1. The lowest BCUT2D eigenvalue weighted by Crippen LogP contribution is -2.45. The molecule has 9 heteroatoms. The molecule has 1 fully saturated rings.